The van der Waals surface area contributed by atoms with Gasteiger partial charge < -0.3 is 14.5 Å². The Hall–Kier alpha value is -3.34. The lowest BCUT2D eigenvalue weighted by molar-refractivity contribution is -0.137. The van der Waals surface area contributed by atoms with Gasteiger partial charge in [-0.1, -0.05) is 48.5 Å². The lowest BCUT2D eigenvalue weighted by Gasteiger charge is -2.36. The van der Waals surface area contributed by atoms with Gasteiger partial charge >= 0.3 is 0 Å². The van der Waals surface area contributed by atoms with Crippen LogP contribution in [0.4, 0.5) is 0 Å². The van der Waals surface area contributed by atoms with Crippen LogP contribution in [0.25, 0.3) is 10.8 Å². The zero-order valence-electron chi connectivity index (χ0n) is 19.1. The number of hydrogen-bond donors (Lipinski definition) is 0. The largest absolute Gasteiger partial charge is 0.497 e. The molecule has 170 valence electrons. The number of piperidine rings is 1. The molecule has 2 aliphatic rings. The van der Waals surface area contributed by atoms with Crippen LogP contribution >= 0.6 is 0 Å². The van der Waals surface area contributed by atoms with Crippen molar-refractivity contribution in [3.8, 4) is 5.75 Å². The Labute approximate surface area is 194 Å². The number of carbonyl (C=O) groups excluding carboxylic acids is 2. The molecular weight excluding hydrogens is 412 g/mol. The fourth-order valence-electron chi connectivity index (χ4n) is 5.38. The summed E-state index contributed by atoms with van der Waals surface area (Å²) >= 11 is 0. The van der Waals surface area contributed by atoms with Crippen LogP contribution in [-0.4, -0.2) is 48.4 Å². The van der Waals surface area contributed by atoms with E-state index in [1.807, 2.05) is 64.4 Å². The molecule has 2 atom stereocenters. The van der Waals surface area contributed by atoms with Gasteiger partial charge in [0, 0.05) is 25.2 Å². The van der Waals surface area contributed by atoms with E-state index < -0.39 is 0 Å². The van der Waals surface area contributed by atoms with Crippen molar-refractivity contribution in [2.75, 3.05) is 26.7 Å². The van der Waals surface area contributed by atoms with Crippen molar-refractivity contribution in [2.24, 2.45) is 5.92 Å². The van der Waals surface area contributed by atoms with E-state index in [9.17, 15) is 9.59 Å². The summed E-state index contributed by atoms with van der Waals surface area (Å²) in [7, 11) is 1.66. The maximum absolute atomic E-state index is 13.6. The van der Waals surface area contributed by atoms with E-state index in [2.05, 4.69) is 12.1 Å². The van der Waals surface area contributed by atoms with Crippen LogP contribution in [0, 0.1) is 5.92 Å². The van der Waals surface area contributed by atoms with Gasteiger partial charge in [-0.15, -0.1) is 0 Å². The molecule has 2 amide bonds. The van der Waals surface area contributed by atoms with Gasteiger partial charge in [0.2, 0.25) is 5.91 Å². The zero-order valence-corrected chi connectivity index (χ0v) is 19.1. The van der Waals surface area contributed by atoms with Gasteiger partial charge in [-0.2, -0.15) is 0 Å². The van der Waals surface area contributed by atoms with Gasteiger partial charge in [0.15, 0.2) is 0 Å². The molecule has 2 saturated heterocycles. The summed E-state index contributed by atoms with van der Waals surface area (Å²) in [5.74, 6) is 0.891. The monoisotopic (exact) mass is 442 g/mol. The average Bonchev–Trinajstić information content (AvgIpc) is 3.37. The summed E-state index contributed by atoms with van der Waals surface area (Å²) in [4.78, 5) is 30.9. The maximum atomic E-state index is 13.6. The summed E-state index contributed by atoms with van der Waals surface area (Å²) in [6, 6.07) is 22.0. The molecule has 5 rings (SSSR count). The number of hydrogen-bond acceptors (Lipinski definition) is 3. The first-order chi connectivity index (χ1) is 16.2. The summed E-state index contributed by atoms with van der Waals surface area (Å²) < 4.78 is 5.28. The van der Waals surface area contributed by atoms with Crippen molar-refractivity contribution < 1.29 is 14.3 Å². The summed E-state index contributed by atoms with van der Waals surface area (Å²) in [5, 5.41) is 2.03. The number of amides is 2. The molecule has 2 heterocycles. The first-order valence-corrected chi connectivity index (χ1v) is 11.9. The third-order valence-corrected chi connectivity index (χ3v) is 7.11. The summed E-state index contributed by atoms with van der Waals surface area (Å²) in [6.07, 6.45) is 3.68. The van der Waals surface area contributed by atoms with Crippen molar-refractivity contribution in [1.29, 1.82) is 0 Å². The number of fused-ring (bicyclic) bond motifs is 1. The SMILES string of the molecule is COc1ccc([C@@H]2CCCN2C(=O)[C@H]2CCCN(C(=O)c3cccc4ccccc34)C2)cc1. The van der Waals surface area contributed by atoms with Crippen LogP contribution in [0.15, 0.2) is 66.7 Å². The van der Waals surface area contributed by atoms with E-state index in [4.69, 9.17) is 4.74 Å². The lowest BCUT2D eigenvalue weighted by atomic mass is 9.94. The van der Waals surface area contributed by atoms with Crippen LogP contribution in [-0.2, 0) is 4.79 Å². The first-order valence-electron chi connectivity index (χ1n) is 11.9. The molecule has 3 aromatic rings. The van der Waals surface area contributed by atoms with Crippen LogP contribution < -0.4 is 4.74 Å². The predicted molar refractivity (Wildman–Crippen MR) is 129 cm³/mol. The fraction of sp³-hybridized carbons (Fsp3) is 0.357. The third kappa shape index (κ3) is 4.20. The van der Waals surface area contributed by atoms with Crippen LogP contribution in [0.5, 0.6) is 5.75 Å². The first kappa shape index (κ1) is 21.5. The number of ether oxygens (including phenoxy) is 1. The smallest absolute Gasteiger partial charge is 0.254 e. The van der Waals surface area contributed by atoms with E-state index in [1.54, 1.807) is 7.11 Å². The Morgan fingerprint density at radius 1 is 0.879 bits per heavy atom. The molecular formula is C28H30N2O3. The molecule has 0 aliphatic carbocycles. The predicted octanol–water partition coefficient (Wildman–Crippen LogP) is 5.06. The van der Waals surface area contributed by atoms with Gasteiger partial charge in [0.25, 0.3) is 5.91 Å². The van der Waals surface area contributed by atoms with E-state index in [1.165, 1.54) is 0 Å². The highest BCUT2D eigenvalue weighted by Gasteiger charge is 2.37. The Balaban J connectivity index is 1.32. The van der Waals surface area contributed by atoms with Crippen molar-refractivity contribution in [3.05, 3.63) is 77.9 Å². The highest BCUT2D eigenvalue weighted by molar-refractivity contribution is 6.07. The Bertz CT molecular complexity index is 1150. The molecule has 0 N–H and O–H groups in total. The number of rotatable bonds is 4. The van der Waals surface area contributed by atoms with E-state index >= 15 is 0 Å². The van der Waals surface area contributed by atoms with Crippen molar-refractivity contribution >= 4 is 22.6 Å². The molecule has 33 heavy (non-hydrogen) atoms. The molecule has 0 bridgehead atoms. The minimum absolute atomic E-state index is 0.0254. The quantitative estimate of drug-likeness (QED) is 0.567. The second kappa shape index (κ2) is 9.26. The number of methoxy groups -OCH3 is 1. The Kier molecular flexibility index (Phi) is 6.03. The van der Waals surface area contributed by atoms with Gasteiger partial charge in [-0.25, -0.2) is 0 Å². The number of benzene rings is 3. The lowest BCUT2D eigenvalue weighted by Crippen LogP contribution is -2.46. The molecule has 0 saturated carbocycles. The fourth-order valence-corrected chi connectivity index (χ4v) is 5.38. The van der Waals surface area contributed by atoms with Gasteiger partial charge in [-0.3, -0.25) is 9.59 Å². The highest BCUT2D eigenvalue weighted by atomic mass is 16.5. The molecule has 0 radical (unpaired) electrons. The van der Waals surface area contributed by atoms with Crippen LogP contribution in [0.2, 0.25) is 0 Å². The second-order valence-electron chi connectivity index (χ2n) is 9.08. The topological polar surface area (TPSA) is 49.9 Å². The highest BCUT2D eigenvalue weighted by Crippen LogP contribution is 2.35. The minimum Gasteiger partial charge on any atom is -0.497 e. The van der Waals surface area contributed by atoms with Gasteiger partial charge in [-0.05, 0) is 60.2 Å². The number of carbonyl (C=O) groups is 2. The minimum atomic E-state index is -0.142. The summed E-state index contributed by atoms with van der Waals surface area (Å²) in [5.41, 5.74) is 1.87. The molecule has 5 nitrogen and oxygen atoms in total. The van der Waals surface area contributed by atoms with E-state index in [0.717, 1.165) is 59.9 Å². The Morgan fingerprint density at radius 3 is 2.45 bits per heavy atom. The molecule has 2 aliphatic heterocycles. The van der Waals surface area contributed by atoms with Crippen molar-refractivity contribution in [2.45, 2.75) is 31.7 Å². The second-order valence-corrected chi connectivity index (χ2v) is 9.08. The molecule has 5 heteroatoms. The summed E-state index contributed by atoms with van der Waals surface area (Å²) in [6.45, 7) is 1.98. The maximum Gasteiger partial charge on any atom is 0.254 e. The van der Waals surface area contributed by atoms with Gasteiger partial charge in [0.05, 0.1) is 19.1 Å². The van der Waals surface area contributed by atoms with E-state index in [-0.39, 0.29) is 23.8 Å². The van der Waals surface area contributed by atoms with Crippen molar-refractivity contribution in [1.82, 2.24) is 9.80 Å². The molecule has 3 aromatic carbocycles. The Morgan fingerprint density at radius 2 is 1.64 bits per heavy atom. The molecule has 0 unspecified atom stereocenters. The van der Waals surface area contributed by atoms with Crippen LogP contribution in [0.3, 0.4) is 0 Å². The number of nitrogens with zero attached hydrogens (tertiary/aromatic N) is 2. The van der Waals surface area contributed by atoms with Gasteiger partial charge in [0.1, 0.15) is 5.75 Å². The van der Waals surface area contributed by atoms with E-state index in [0.29, 0.717) is 13.1 Å². The standard InChI is InChI=1S/C28H30N2O3/c1-33-23-15-13-21(14-16-23)26-12-6-18-30(26)27(31)22-9-5-17-29(19-22)28(32)25-11-4-8-20-7-2-3-10-24(20)25/h2-4,7-8,10-11,13-16,22,26H,5-6,9,12,17-19H2,1H3/t22-,26-/m0/s1. The zero-order chi connectivity index (χ0) is 22.8. The van der Waals surface area contributed by atoms with Crippen molar-refractivity contribution in [3.63, 3.8) is 0 Å². The molecule has 0 spiro atoms. The normalized spacial score (nSPS) is 20.8. The molecule has 2 fully saturated rings. The average molecular weight is 443 g/mol. The number of likely N-dealkylation sites (tertiary alicyclic amines) is 2. The third-order valence-electron chi connectivity index (χ3n) is 7.11. The van der Waals surface area contributed by atoms with Crippen LogP contribution in [0.1, 0.15) is 47.6 Å². The molecule has 0 aromatic heterocycles.